The molecule has 20 heteroatoms. The van der Waals surface area contributed by atoms with Crippen LogP contribution in [-0.2, 0) is 52.6 Å². The van der Waals surface area contributed by atoms with Crippen molar-refractivity contribution in [1.29, 1.82) is 0 Å². The molecule has 0 spiro atoms. The van der Waals surface area contributed by atoms with Gasteiger partial charge in [0.15, 0.2) is 13.2 Å². The number of hydrogen-bond acceptors (Lipinski definition) is 17. The Hall–Kier alpha value is -6.57. The van der Waals surface area contributed by atoms with E-state index in [1.807, 2.05) is 12.1 Å². The lowest BCUT2D eigenvalue weighted by Gasteiger charge is -2.13. The fourth-order valence-electron chi connectivity index (χ4n) is 5.18. The summed E-state index contributed by atoms with van der Waals surface area (Å²) in [5.74, 6) is -3.54. The molecule has 0 amide bonds. The van der Waals surface area contributed by atoms with Crippen molar-refractivity contribution >= 4 is 67.3 Å². The van der Waals surface area contributed by atoms with Gasteiger partial charge in [-0.15, -0.1) is 20.2 Å². The van der Waals surface area contributed by atoms with Crippen LogP contribution in [0.15, 0.2) is 72.8 Å². The molecule has 0 aliphatic carbocycles. The van der Waals surface area contributed by atoms with Gasteiger partial charge in [0.25, 0.3) is 10.2 Å². The van der Waals surface area contributed by atoms with Gasteiger partial charge in [0, 0.05) is 0 Å². The van der Waals surface area contributed by atoms with Gasteiger partial charge in [-0.25, -0.2) is 9.59 Å². The first-order chi connectivity index (χ1) is 28.7. The van der Waals surface area contributed by atoms with Crippen LogP contribution in [-0.4, -0.2) is 90.1 Å². The average molecular weight is 904 g/mol. The molecule has 322 valence electrons. The summed E-state index contributed by atoms with van der Waals surface area (Å²) in [5.41, 5.74) is 1.43. The highest BCUT2D eigenvalue weighted by Crippen LogP contribution is 2.27. The van der Waals surface area contributed by atoms with Gasteiger partial charge < -0.3 is 38.5 Å². The number of phenols is 1. The number of alkyl halides is 1. The van der Waals surface area contributed by atoms with Crippen molar-refractivity contribution in [3.8, 4) is 11.5 Å². The largest absolute Gasteiger partial charge is 0.508 e. The summed E-state index contributed by atoms with van der Waals surface area (Å²) < 4.78 is 25.0. The van der Waals surface area contributed by atoms with Crippen LogP contribution in [0, 0.1) is 20.2 Å². The molecule has 4 aromatic rings. The lowest BCUT2D eigenvalue weighted by atomic mass is 9.98. The number of carbonyl (C=O) groups is 5. The molecule has 0 bridgehead atoms. The molecule has 1 N–H and O–H groups in total. The van der Waals surface area contributed by atoms with Crippen LogP contribution in [0.3, 0.4) is 0 Å². The monoisotopic (exact) mass is 902 g/mol. The zero-order valence-corrected chi connectivity index (χ0v) is 34.2. The highest BCUT2D eigenvalue weighted by atomic mass is 79.9. The van der Waals surface area contributed by atoms with Crippen LogP contribution < -0.4 is 4.74 Å². The molecule has 0 saturated carbocycles. The van der Waals surface area contributed by atoms with Gasteiger partial charge >= 0.3 is 29.8 Å². The molecule has 2 unspecified atom stereocenters. The van der Waals surface area contributed by atoms with E-state index in [1.54, 1.807) is 74.5 Å². The van der Waals surface area contributed by atoms with Crippen LogP contribution in [0.25, 0.3) is 21.5 Å². The minimum absolute atomic E-state index is 0.0463. The van der Waals surface area contributed by atoms with E-state index < -0.39 is 65.1 Å². The molecule has 19 nitrogen and oxygen atoms in total. The SMILES string of the molecule is CC(C(=O)OCC(=O)OCCCCO[N+](=O)[O-])c1ccc2cc(O)ccc2c1.CC(C(=O)OCC(=O)OCCCCO[N+](=O)[O-])c1ccc2cc(OC(=O)CBr)ccc2c1. The van der Waals surface area contributed by atoms with Gasteiger partial charge in [-0.3, -0.25) is 14.4 Å². The van der Waals surface area contributed by atoms with Crippen molar-refractivity contribution in [3.63, 3.8) is 0 Å². The first-order valence-electron chi connectivity index (χ1n) is 18.4. The second kappa shape index (κ2) is 25.0. The fourth-order valence-corrected chi connectivity index (χ4v) is 5.29. The number of phenolic OH excluding ortho intramolecular Hbond substituents is 1. The Kier molecular flexibility index (Phi) is 19.9. The topological polar surface area (TPSA) is 256 Å². The number of benzene rings is 4. The Morgan fingerprint density at radius 2 is 1.00 bits per heavy atom. The van der Waals surface area contributed by atoms with Crippen LogP contribution in [0.2, 0.25) is 0 Å². The summed E-state index contributed by atoms with van der Waals surface area (Å²) in [6, 6.07) is 20.9. The Balaban J connectivity index is 0.000000323. The molecule has 60 heavy (non-hydrogen) atoms. The molecule has 0 aliphatic rings. The van der Waals surface area contributed by atoms with E-state index in [0.717, 1.165) is 27.1 Å². The van der Waals surface area contributed by atoms with Crippen LogP contribution >= 0.6 is 15.9 Å². The number of aromatic hydroxyl groups is 1. The number of rotatable bonds is 22. The number of hydrogen-bond donors (Lipinski definition) is 1. The summed E-state index contributed by atoms with van der Waals surface area (Å²) in [7, 11) is 0. The van der Waals surface area contributed by atoms with E-state index in [-0.39, 0.29) is 37.5 Å². The second-order valence-corrected chi connectivity index (χ2v) is 13.4. The van der Waals surface area contributed by atoms with E-state index in [0.29, 0.717) is 37.0 Å². The van der Waals surface area contributed by atoms with Crippen molar-refractivity contribution in [3.05, 3.63) is 104 Å². The highest BCUT2D eigenvalue weighted by molar-refractivity contribution is 9.09. The quantitative estimate of drug-likeness (QED) is 0.0179. The first kappa shape index (κ1) is 47.8. The zero-order chi connectivity index (χ0) is 44.0. The molecule has 0 aromatic heterocycles. The van der Waals surface area contributed by atoms with Crippen LogP contribution in [0.4, 0.5) is 0 Å². The maximum atomic E-state index is 12.3. The number of ether oxygens (including phenoxy) is 5. The predicted molar refractivity (Wildman–Crippen MR) is 214 cm³/mol. The maximum Gasteiger partial charge on any atom is 0.344 e. The number of halogens is 1. The first-order valence-corrected chi connectivity index (χ1v) is 19.5. The van der Waals surface area contributed by atoms with Gasteiger partial charge in [0.2, 0.25) is 0 Å². The van der Waals surface area contributed by atoms with Crippen LogP contribution in [0.5, 0.6) is 11.5 Å². The van der Waals surface area contributed by atoms with Crippen LogP contribution in [0.1, 0.15) is 62.5 Å². The van der Waals surface area contributed by atoms with Gasteiger partial charge in [-0.05, 0) is 96.5 Å². The lowest BCUT2D eigenvalue weighted by Crippen LogP contribution is -2.20. The minimum Gasteiger partial charge on any atom is -0.508 e. The Labute approximate surface area is 351 Å². The predicted octanol–water partition coefficient (Wildman–Crippen LogP) is 6.04. The maximum absolute atomic E-state index is 12.3. The smallest absolute Gasteiger partial charge is 0.344 e. The number of fused-ring (bicyclic) bond motifs is 2. The Morgan fingerprint density at radius 3 is 1.47 bits per heavy atom. The molecular weight excluding hydrogens is 860 g/mol. The normalized spacial score (nSPS) is 11.5. The summed E-state index contributed by atoms with van der Waals surface area (Å²) >= 11 is 3.04. The summed E-state index contributed by atoms with van der Waals surface area (Å²) in [4.78, 5) is 87.4. The molecular formula is C40H43BrN2O17. The molecule has 0 aliphatic heterocycles. The number of nitrogens with zero attached hydrogens (tertiary/aromatic N) is 2. The van der Waals surface area contributed by atoms with E-state index in [2.05, 4.69) is 25.6 Å². The number of carbonyl (C=O) groups excluding carboxylic acids is 5. The molecule has 2 atom stereocenters. The lowest BCUT2D eigenvalue weighted by molar-refractivity contribution is -0.757. The highest BCUT2D eigenvalue weighted by Gasteiger charge is 2.20. The molecule has 4 rings (SSSR count). The molecule has 0 radical (unpaired) electrons. The van der Waals surface area contributed by atoms with Crippen molar-refractivity contribution in [2.24, 2.45) is 0 Å². The van der Waals surface area contributed by atoms with Gasteiger partial charge in [0.05, 0.1) is 38.3 Å². The molecule has 4 aromatic carbocycles. The summed E-state index contributed by atoms with van der Waals surface area (Å²) in [6.45, 7) is 2.27. The minimum atomic E-state index is -0.887. The fraction of sp³-hybridized carbons (Fsp3) is 0.375. The average Bonchev–Trinajstić information content (AvgIpc) is 3.23. The summed E-state index contributed by atoms with van der Waals surface area (Å²) in [6.07, 6.45) is 1.51. The third-order valence-electron chi connectivity index (χ3n) is 8.39. The van der Waals surface area contributed by atoms with Crippen molar-refractivity contribution in [1.82, 2.24) is 0 Å². The Bertz CT molecular complexity index is 2130. The zero-order valence-electron chi connectivity index (χ0n) is 32.6. The second-order valence-electron chi connectivity index (χ2n) is 12.8. The third kappa shape index (κ3) is 17.1. The van der Waals surface area contributed by atoms with Crippen molar-refractivity contribution in [2.75, 3.05) is 45.0 Å². The number of esters is 5. The van der Waals surface area contributed by atoms with E-state index in [1.165, 1.54) is 0 Å². The van der Waals surface area contributed by atoms with Crippen molar-refractivity contribution in [2.45, 2.75) is 51.4 Å². The summed E-state index contributed by atoms with van der Waals surface area (Å²) in [5, 5.41) is 31.2. The van der Waals surface area contributed by atoms with Gasteiger partial charge in [0.1, 0.15) is 16.8 Å². The van der Waals surface area contributed by atoms with E-state index in [4.69, 9.17) is 23.7 Å². The third-order valence-corrected chi connectivity index (χ3v) is 8.85. The standard InChI is InChI=1S/C21H22BrNO9.C19H21NO8/c1-14(21(26)30-13-20(25)29-8-2-3-9-31-23(27)28)15-4-5-17-11-18(32-19(24)12-22)7-6-16(17)10-15;1-13(14-4-5-16-11-17(21)7-6-15(16)10-14)19(23)27-12-18(22)26-8-2-3-9-28-20(24)25/h4-7,10-11,14H,2-3,8-9,12-13H2,1H3;4-7,10-11,13,21H,2-3,8-9,12H2,1H3. The van der Waals surface area contributed by atoms with Crippen molar-refractivity contribution < 1.29 is 72.6 Å². The van der Waals surface area contributed by atoms with E-state index >= 15 is 0 Å². The van der Waals surface area contributed by atoms with Gasteiger partial charge in [-0.2, -0.15) is 0 Å². The Morgan fingerprint density at radius 1 is 0.583 bits per heavy atom. The molecule has 0 heterocycles. The van der Waals surface area contributed by atoms with E-state index in [9.17, 15) is 49.3 Å². The van der Waals surface area contributed by atoms with Gasteiger partial charge in [-0.1, -0.05) is 64.5 Å². The molecule has 0 fully saturated rings. The number of unbranched alkanes of at least 4 members (excludes halogenated alkanes) is 2. The molecule has 0 saturated heterocycles.